The van der Waals surface area contributed by atoms with Crippen molar-refractivity contribution in [3.8, 4) is 0 Å². The van der Waals surface area contributed by atoms with Crippen molar-refractivity contribution in [2.45, 2.75) is 110 Å². The third kappa shape index (κ3) is 4.89. The lowest BCUT2D eigenvalue weighted by Gasteiger charge is -2.55. The first-order valence-corrected chi connectivity index (χ1v) is 12.3. The zero-order valence-electron chi connectivity index (χ0n) is 21.6. The van der Waals surface area contributed by atoms with E-state index in [0.717, 1.165) is 12.0 Å². The van der Waals surface area contributed by atoms with Crippen LogP contribution in [0.5, 0.6) is 0 Å². The van der Waals surface area contributed by atoms with Crippen molar-refractivity contribution in [1.29, 1.82) is 0 Å². The molecule has 192 valence electrons. The van der Waals surface area contributed by atoms with Gasteiger partial charge >= 0.3 is 17.9 Å². The van der Waals surface area contributed by atoms with Gasteiger partial charge < -0.3 is 24.1 Å². The third-order valence-electron chi connectivity index (χ3n) is 7.84. The number of hydrogen-bond acceptors (Lipinski definition) is 8. The molecule has 2 aliphatic heterocycles. The largest absolute Gasteiger partial charge is 0.458 e. The minimum atomic E-state index is -1.33. The number of allylic oxidation sites excluding steroid dienone is 1. The lowest BCUT2D eigenvalue weighted by molar-refractivity contribution is -0.248. The van der Waals surface area contributed by atoms with Crippen LogP contribution in [0.1, 0.15) is 74.7 Å². The fourth-order valence-electron chi connectivity index (χ4n) is 6.77. The summed E-state index contributed by atoms with van der Waals surface area (Å²) in [5, 5.41) is 11.6. The van der Waals surface area contributed by atoms with Gasteiger partial charge in [0.2, 0.25) is 0 Å². The quantitative estimate of drug-likeness (QED) is 0.371. The van der Waals surface area contributed by atoms with Crippen molar-refractivity contribution in [3.63, 3.8) is 0 Å². The zero-order valence-corrected chi connectivity index (χ0v) is 21.6. The third-order valence-corrected chi connectivity index (χ3v) is 7.84. The van der Waals surface area contributed by atoms with Crippen molar-refractivity contribution in [2.24, 2.45) is 23.7 Å². The fraction of sp³-hybridized carbons (Fsp3) is 0.808. The van der Waals surface area contributed by atoms with Gasteiger partial charge in [0.15, 0.2) is 11.7 Å². The maximum Gasteiger partial charge on any atom is 0.303 e. The van der Waals surface area contributed by atoms with Gasteiger partial charge in [-0.15, -0.1) is 0 Å². The van der Waals surface area contributed by atoms with E-state index in [1.165, 1.54) is 20.8 Å². The second-order valence-corrected chi connectivity index (χ2v) is 11.1. The van der Waals surface area contributed by atoms with Gasteiger partial charge in [-0.1, -0.05) is 25.5 Å². The molecule has 0 aromatic heterocycles. The summed E-state index contributed by atoms with van der Waals surface area (Å²) in [6.45, 7) is 13.5. The van der Waals surface area contributed by atoms with Crippen molar-refractivity contribution >= 4 is 17.9 Å². The Hall–Kier alpha value is -1.93. The zero-order chi connectivity index (χ0) is 25.6. The summed E-state index contributed by atoms with van der Waals surface area (Å²) in [5.41, 5.74) is -1.36. The Kier molecular flexibility index (Phi) is 7.54. The average Bonchev–Trinajstić information content (AvgIpc) is 3.05. The van der Waals surface area contributed by atoms with Gasteiger partial charge in [0.05, 0.1) is 17.8 Å². The summed E-state index contributed by atoms with van der Waals surface area (Å²) < 4.78 is 24.2. The molecule has 9 atom stereocenters. The molecule has 1 aliphatic carbocycles. The van der Waals surface area contributed by atoms with Crippen molar-refractivity contribution in [2.75, 3.05) is 0 Å². The molecule has 3 rings (SSSR count). The summed E-state index contributed by atoms with van der Waals surface area (Å²) in [5.74, 6) is -2.60. The summed E-state index contributed by atoms with van der Waals surface area (Å²) in [7, 11) is 0. The minimum Gasteiger partial charge on any atom is -0.458 e. The van der Waals surface area contributed by atoms with Crippen molar-refractivity contribution in [3.05, 3.63) is 11.6 Å². The molecular weight excluding hydrogens is 440 g/mol. The molecule has 1 N–H and O–H groups in total. The first kappa shape index (κ1) is 26.7. The van der Waals surface area contributed by atoms with E-state index in [9.17, 15) is 19.5 Å². The van der Waals surface area contributed by atoms with Gasteiger partial charge in [0.25, 0.3) is 0 Å². The number of fused-ring (bicyclic) bond motifs is 5. The maximum atomic E-state index is 12.4. The van der Waals surface area contributed by atoms with E-state index < -0.39 is 53.3 Å². The molecule has 0 radical (unpaired) electrons. The molecule has 9 unspecified atom stereocenters. The van der Waals surface area contributed by atoms with E-state index in [-0.39, 0.29) is 23.9 Å². The highest BCUT2D eigenvalue weighted by Crippen LogP contribution is 2.58. The first-order chi connectivity index (χ1) is 15.7. The molecule has 1 saturated heterocycles. The Labute approximate surface area is 202 Å². The molecule has 34 heavy (non-hydrogen) atoms. The Balaban J connectivity index is 2.28. The van der Waals surface area contributed by atoms with E-state index in [4.69, 9.17) is 18.9 Å². The van der Waals surface area contributed by atoms with Crippen LogP contribution in [0.25, 0.3) is 0 Å². The Bertz CT molecular complexity index is 846. The highest BCUT2D eigenvalue weighted by atomic mass is 16.6. The number of carbonyl (C=O) groups is 3. The Morgan fingerprint density at radius 2 is 1.71 bits per heavy atom. The number of ether oxygens (including phenoxy) is 4. The van der Waals surface area contributed by atoms with E-state index in [2.05, 4.69) is 6.08 Å². The summed E-state index contributed by atoms with van der Waals surface area (Å²) in [6.07, 6.45) is 1.11. The molecule has 2 bridgehead atoms. The van der Waals surface area contributed by atoms with Crippen LogP contribution in [-0.4, -0.2) is 58.6 Å². The average molecular weight is 481 g/mol. The molecule has 1 saturated carbocycles. The van der Waals surface area contributed by atoms with E-state index in [0.29, 0.717) is 12.8 Å². The molecule has 0 spiro atoms. The monoisotopic (exact) mass is 480 g/mol. The summed E-state index contributed by atoms with van der Waals surface area (Å²) in [4.78, 5) is 36.9. The Morgan fingerprint density at radius 3 is 2.24 bits per heavy atom. The first-order valence-electron chi connectivity index (χ1n) is 12.3. The maximum absolute atomic E-state index is 12.4. The molecule has 0 amide bonds. The number of carbonyl (C=O) groups excluding carboxylic acids is 3. The number of aliphatic hydroxyl groups is 1. The van der Waals surface area contributed by atoms with Gasteiger partial charge in [-0.25, -0.2) is 0 Å². The number of rotatable bonds is 4. The SMILES string of the molecule is CC(=O)OC1C(C(C)C)C2C3OC(CC(C)=CCCC3(C)O)C2C(C)(OC(C)=O)C1OC(C)=O. The molecule has 0 aromatic rings. The van der Waals surface area contributed by atoms with Crippen LogP contribution in [0.3, 0.4) is 0 Å². The predicted octanol–water partition coefficient (Wildman–Crippen LogP) is 3.34. The number of hydrogen-bond donors (Lipinski definition) is 1. The standard InChI is InChI=1S/C26H40O8/c1-13(2)19-20-21(18-12-14(3)10-9-11-25(7,30)23(20)33-18)26(8,34-17(6)29)24(32-16(5)28)22(19)31-15(4)27/h10,13,18-24,30H,9,11-12H2,1-8H3. The van der Waals surface area contributed by atoms with E-state index in [1.54, 1.807) is 13.8 Å². The molecule has 2 fully saturated rings. The molecule has 2 heterocycles. The van der Waals surface area contributed by atoms with Gasteiger partial charge in [0.1, 0.15) is 6.10 Å². The molecule has 8 nitrogen and oxygen atoms in total. The fourth-order valence-corrected chi connectivity index (χ4v) is 6.77. The lowest BCUT2D eigenvalue weighted by atomic mass is 9.55. The van der Waals surface area contributed by atoms with Crippen LogP contribution in [-0.2, 0) is 33.3 Å². The minimum absolute atomic E-state index is 0.00276. The summed E-state index contributed by atoms with van der Waals surface area (Å²) >= 11 is 0. The van der Waals surface area contributed by atoms with Crippen LogP contribution in [0.15, 0.2) is 11.6 Å². The highest BCUT2D eigenvalue weighted by Gasteiger charge is 2.70. The second kappa shape index (κ2) is 9.61. The molecule has 0 aromatic carbocycles. The van der Waals surface area contributed by atoms with E-state index >= 15 is 0 Å². The van der Waals surface area contributed by atoms with Crippen LogP contribution in [0, 0.1) is 23.7 Å². The highest BCUT2D eigenvalue weighted by molar-refractivity contribution is 5.69. The van der Waals surface area contributed by atoms with Gasteiger partial charge in [0, 0.05) is 38.5 Å². The molecule has 3 aliphatic rings. The topological polar surface area (TPSA) is 108 Å². The van der Waals surface area contributed by atoms with Crippen LogP contribution in [0.2, 0.25) is 0 Å². The van der Waals surface area contributed by atoms with Crippen LogP contribution >= 0.6 is 0 Å². The van der Waals surface area contributed by atoms with Gasteiger partial charge in [-0.05, 0) is 46.0 Å². The number of esters is 3. The van der Waals surface area contributed by atoms with Gasteiger partial charge in [-0.2, -0.15) is 0 Å². The second-order valence-electron chi connectivity index (χ2n) is 11.1. The van der Waals surface area contributed by atoms with Crippen LogP contribution < -0.4 is 0 Å². The lowest BCUT2D eigenvalue weighted by Crippen LogP contribution is -2.69. The smallest absolute Gasteiger partial charge is 0.303 e. The van der Waals surface area contributed by atoms with Gasteiger partial charge in [-0.3, -0.25) is 14.4 Å². The Morgan fingerprint density at radius 1 is 1.09 bits per heavy atom. The van der Waals surface area contributed by atoms with Crippen molar-refractivity contribution in [1.82, 2.24) is 0 Å². The normalized spacial score (nSPS) is 41.9. The van der Waals surface area contributed by atoms with Crippen LogP contribution in [0.4, 0.5) is 0 Å². The molecule has 8 heteroatoms. The predicted molar refractivity (Wildman–Crippen MR) is 123 cm³/mol. The van der Waals surface area contributed by atoms with Crippen molar-refractivity contribution < 1.29 is 38.4 Å². The van der Waals surface area contributed by atoms with E-state index in [1.807, 2.05) is 20.8 Å². The summed E-state index contributed by atoms with van der Waals surface area (Å²) in [6, 6.07) is 0. The molecular formula is C26H40O8.